The average Bonchev–Trinajstić information content (AvgIpc) is 2.46. The maximum absolute atomic E-state index is 13.0. The lowest BCUT2D eigenvalue weighted by molar-refractivity contribution is 0.0600. The number of halogens is 2. The Labute approximate surface area is 129 Å². The summed E-state index contributed by atoms with van der Waals surface area (Å²) < 4.78 is 18.0. The van der Waals surface area contributed by atoms with Crippen molar-refractivity contribution in [1.29, 1.82) is 0 Å². The topological polar surface area (TPSA) is 55.4 Å². The van der Waals surface area contributed by atoms with Crippen molar-refractivity contribution in [3.05, 3.63) is 63.9 Å². The van der Waals surface area contributed by atoms with E-state index in [9.17, 15) is 14.0 Å². The van der Waals surface area contributed by atoms with Gasteiger partial charge in [-0.05, 0) is 52.3 Å². The van der Waals surface area contributed by atoms with E-state index in [0.29, 0.717) is 21.3 Å². The lowest BCUT2D eigenvalue weighted by Crippen LogP contribution is -2.13. The second-order valence-electron chi connectivity index (χ2n) is 4.15. The lowest BCUT2D eigenvalue weighted by Gasteiger charge is -2.08. The molecule has 0 heterocycles. The molecule has 108 valence electrons. The van der Waals surface area contributed by atoms with Crippen molar-refractivity contribution < 1.29 is 18.7 Å². The van der Waals surface area contributed by atoms with Crippen LogP contribution in [0.15, 0.2) is 46.9 Å². The third-order valence-electron chi connectivity index (χ3n) is 2.72. The Kier molecular flexibility index (Phi) is 4.70. The average molecular weight is 352 g/mol. The number of methoxy groups -OCH3 is 1. The van der Waals surface area contributed by atoms with Crippen LogP contribution in [0.2, 0.25) is 0 Å². The summed E-state index contributed by atoms with van der Waals surface area (Å²) in [5.41, 5.74) is 1.06. The largest absolute Gasteiger partial charge is 0.465 e. The molecule has 0 atom stereocenters. The van der Waals surface area contributed by atoms with E-state index >= 15 is 0 Å². The molecule has 21 heavy (non-hydrogen) atoms. The van der Waals surface area contributed by atoms with Gasteiger partial charge in [0.05, 0.1) is 18.2 Å². The number of nitrogens with one attached hydrogen (secondary N) is 1. The standard InChI is InChI=1S/C15H11BrFNO3/c1-21-15(20)9-3-2-4-11(7-9)18-14(19)12-6-5-10(17)8-13(12)16/h2-8H,1H3,(H,18,19). The van der Waals surface area contributed by atoms with Crippen molar-refractivity contribution >= 4 is 33.5 Å². The van der Waals surface area contributed by atoms with E-state index in [0.717, 1.165) is 0 Å². The van der Waals surface area contributed by atoms with Crippen LogP contribution in [0.25, 0.3) is 0 Å². The quantitative estimate of drug-likeness (QED) is 0.859. The van der Waals surface area contributed by atoms with Crippen LogP contribution in [-0.4, -0.2) is 19.0 Å². The number of hydrogen-bond donors (Lipinski definition) is 1. The monoisotopic (exact) mass is 351 g/mol. The van der Waals surface area contributed by atoms with E-state index in [1.54, 1.807) is 18.2 Å². The summed E-state index contributed by atoms with van der Waals surface area (Å²) in [4.78, 5) is 23.5. The second-order valence-corrected chi connectivity index (χ2v) is 5.01. The number of ether oxygens (including phenoxy) is 1. The van der Waals surface area contributed by atoms with Gasteiger partial charge in [-0.1, -0.05) is 6.07 Å². The maximum atomic E-state index is 13.0. The molecule has 1 amide bonds. The molecular weight excluding hydrogens is 341 g/mol. The highest BCUT2D eigenvalue weighted by atomic mass is 79.9. The minimum absolute atomic E-state index is 0.292. The van der Waals surface area contributed by atoms with Gasteiger partial charge < -0.3 is 10.1 Å². The van der Waals surface area contributed by atoms with Gasteiger partial charge in [0.15, 0.2) is 0 Å². The predicted molar refractivity (Wildman–Crippen MR) is 79.8 cm³/mol. The van der Waals surface area contributed by atoms with E-state index in [2.05, 4.69) is 26.0 Å². The Morgan fingerprint density at radius 1 is 1.19 bits per heavy atom. The first-order valence-corrected chi connectivity index (χ1v) is 6.75. The normalized spacial score (nSPS) is 10.0. The molecule has 0 unspecified atom stereocenters. The highest BCUT2D eigenvalue weighted by Gasteiger charge is 2.12. The summed E-state index contributed by atoms with van der Waals surface area (Å²) >= 11 is 3.14. The van der Waals surface area contributed by atoms with Gasteiger partial charge in [-0.2, -0.15) is 0 Å². The summed E-state index contributed by atoms with van der Waals surface area (Å²) in [6.45, 7) is 0. The number of benzene rings is 2. The van der Waals surface area contributed by atoms with Crippen molar-refractivity contribution in [2.45, 2.75) is 0 Å². The Bertz CT molecular complexity index is 703. The molecule has 0 aliphatic heterocycles. The minimum Gasteiger partial charge on any atom is -0.465 e. The molecule has 0 bridgehead atoms. The van der Waals surface area contributed by atoms with Crippen LogP contribution < -0.4 is 5.32 Å². The minimum atomic E-state index is -0.492. The van der Waals surface area contributed by atoms with E-state index < -0.39 is 17.7 Å². The molecule has 0 radical (unpaired) electrons. The van der Waals surface area contributed by atoms with Crippen molar-refractivity contribution in [2.75, 3.05) is 12.4 Å². The van der Waals surface area contributed by atoms with Crippen LogP contribution in [0, 0.1) is 5.82 Å². The van der Waals surface area contributed by atoms with Crippen LogP contribution >= 0.6 is 15.9 Å². The van der Waals surface area contributed by atoms with Gasteiger partial charge in [-0.3, -0.25) is 4.79 Å². The summed E-state index contributed by atoms with van der Waals surface area (Å²) in [5, 5.41) is 2.64. The number of carbonyl (C=O) groups is 2. The van der Waals surface area contributed by atoms with Crippen LogP contribution in [0.4, 0.5) is 10.1 Å². The zero-order valence-corrected chi connectivity index (χ0v) is 12.6. The molecule has 0 aliphatic carbocycles. The Morgan fingerprint density at radius 3 is 2.62 bits per heavy atom. The van der Waals surface area contributed by atoms with Crippen molar-refractivity contribution in [3.8, 4) is 0 Å². The van der Waals surface area contributed by atoms with Crippen LogP contribution in [0.5, 0.6) is 0 Å². The van der Waals surface area contributed by atoms with Gasteiger partial charge in [-0.15, -0.1) is 0 Å². The van der Waals surface area contributed by atoms with Crippen molar-refractivity contribution in [3.63, 3.8) is 0 Å². The Hall–Kier alpha value is -2.21. The third kappa shape index (κ3) is 3.66. The molecule has 0 saturated heterocycles. The number of esters is 1. The zero-order chi connectivity index (χ0) is 15.4. The van der Waals surface area contributed by atoms with Gasteiger partial charge in [0.25, 0.3) is 5.91 Å². The highest BCUT2D eigenvalue weighted by molar-refractivity contribution is 9.10. The molecule has 6 heteroatoms. The van der Waals surface area contributed by atoms with Crippen molar-refractivity contribution in [2.24, 2.45) is 0 Å². The van der Waals surface area contributed by atoms with E-state index in [4.69, 9.17) is 0 Å². The van der Waals surface area contributed by atoms with Gasteiger partial charge in [0, 0.05) is 10.2 Å². The number of amides is 1. The SMILES string of the molecule is COC(=O)c1cccc(NC(=O)c2ccc(F)cc2Br)c1. The first-order chi connectivity index (χ1) is 10.0. The second kappa shape index (κ2) is 6.49. The summed E-state index contributed by atoms with van der Waals surface area (Å²) in [6, 6.07) is 10.1. The fourth-order valence-corrected chi connectivity index (χ4v) is 2.24. The number of anilines is 1. The summed E-state index contributed by atoms with van der Waals surface area (Å²) in [6.07, 6.45) is 0. The molecule has 0 aromatic heterocycles. The van der Waals surface area contributed by atoms with Gasteiger partial charge in [0.1, 0.15) is 5.82 Å². The molecule has 2 aromatic rings. The van der Waals surface area contributed by atoms with Crippen LogP contribution in [-0.2, 0) is 4.74 Å². The summed E-state index contributed by atoms with van der Waals surface area (Å²) in [5.74, 6) is -1.34. The number of carbonyl (C=O) groups excluding carboxylic acids is 2. The van der Waals surface area contributed by atoms with Gasteiger partial charge in [-0.25, -0.2) is 9.18 Å². The molecule has 0 saturated carbocycles. The number of hydrogen-bond acceptors (Lipinski definition) is 3. The lowest BCUT2D eigenvalue weighted by atomic mass is 10.1. The molecule has 4 nitrogen and oxygen atoms in total. The smallest absolute Gasteiger partial charge is 0.337 e. The fraction of sp³-hybridized carbons (Fsp3) is 0.0667. The Morgan fingerprint density at radius 2 is 1.95 bits per heavy atom. The molecule has 0 spiro atoms. The van der Waals surface area contributed by atoms with Gasteiger partial charge >= 0.3 is 5.97 Å². The van der Waals surface area contributed by atoms with E-state index in [-0.39, 0.29) is 0 Å². The molecule has 2 aromatic carbocycles. The van der Waals surface area contributed by atoms with Crippen LogP contribution in [0.1, 0.15) is 20.7 Å². The first kappa shape index (κ1) is 15.2. The van der Waals surface area contributed by atoms with E-state index in [1.807, 2.05) is 0 Å². The van der Waals surface area contributed by atoms with Crippen LogP contribution in [0.3, 0.4) is 0 Å². The number of rotatable bonds is 3. The molecule has 0 aliphatic rings. The molecule has 2 rings (SSSR count). The Balaban J connectivity index is 2.21. The fourth-order valence-electron chi connectivity index (χ4n) is 1.71. The van der Waals surface area contributed by atoms with Gasteiger partial charge in [0.2, 0.25) is 0 Å². The first-order valence-electron chi connectivity index (χ1n) is 5.96. The third-order valence-corrected chi connectivity index (χ3v) is 3.37. The highest BCUT2D eigenvalue weighted by Crippen LogP contribution is 2.20. The van der Waals surface area contributed by atoms with E-state index in [1.165, 1.54) is 31.4 Å². The maximum Gasteiger partial charge on any atom is 0.337 e. The molecule has 0 fully saturated rings. The van der Waals surface area contributed by atoms with Crippen molar-refractivity contribution in [1.82, 2.24) is 0 Å². The molecule has 1 N–H and O–H groups in total. The molecular formula is C15H11BrFNO3. The zero-order valence-electron chi connectivity index (χ0n) is 11.0. The summed E-state index contributed by atoms with van der Waals surface area (Å²) in [7, 11) is 1.28. The predicted octanol–water partition coefficient (Wildman–Crippen LogP) is 3.63.